The van der Waals surface area contributed by atoms with E-state index in [1.54, 1.807) is 0 Å². The Hall–Kier alpha value is -0.610. The molecule has 5 heteroatoms. The monoisotopic (exact) mass is 174 g/mol. The fourth-order valence-corrected chi connectivity index (χ4v) is 0.435. The lowest BCUT2D eigenvalue weighted by atomic mass is 10.1. The smallest absolute Gasteiger partial charge is 0.251 e. The number of hydrogen-bond acceptors (Lipinski definition) is 0. The van der Waals surface area contributed by atoms with Gasteiger partial charge in [0.15, 0.2) is 0 Å². The Bertz CT molecular complexity index is 140. The predicted octanol–water partition coefficient (Wildman–Crippen LogP) is 2.80. The molecule has 0 fully saturated rings. The van der Waals surface area contributed by atoms with E-state index >= 15 is 0 Å². The Labute approximate surface area is 60.7 Å². The molecule has 0 bridgehead atoms. The van der Waals surface area contributed by atoms with E-state index in [4.69, 9.17) is 0 Å². The van der Waals surface area contributed by atoms with Gasteiger partial charge in [-0.15, -0.1) is 0 Å². The molecule has 0 atom stereocenters. The molecule has 0 aromatic carbocycles. The van der Waals surface area contributed by atoms with Gasteiger partial charge in [0.2, 0.25) is 0 Å². The van der Waals surface area contributed by atoms with Crippen molar-refractivity contribution >= 4 is 0 Å². The lowest BCUT2D eigenvalue weighted by Gasteiger charge is -2.22. The first kappa shape index (κ1) is 10.4. The molecule has 0 N–H and O–H groups in total. The minimum atomic E-state index is -4.33. The van der Waals surface area contributed by atoms with Gasteiger partial charge in [0.25, 0.3) is 0 Å². The zero-order valence-electron chi connectivity index (χ0n) is 5.59. The van der Waals surface area contributed by atoms with Crippen LogP contribution in [-0.2, 0) is 0 Å². The summed E-state index contributed by atoms with van der Waals surface area (Å²) in [6, 6.07) is 0. The van der Waals surface area contributed by atoms with Crippen LogP contribution in [0, 0.1) is 0 Å². The summed E-state index contributed by atoms with van der Waals surface area (Å²) < 4.78 is 59.8. The molecule has 0 heterocycles. The van der Waals surface area contributed by atoms with Crippen molar-refractivity contribution in [2.24, 2.45) is 0 Å². The van der Waals surface area contributed by atoms with E-state index in [0.717, 1.165) is 0 Å². The van der Waals surface area contributed by atoms with E-state index in [9.17, 15) is 22.0 Å². The van der Waals surface area contributed by atoms with Crippen LogP contribution in [0.25, 0.3) is 0 Å². The number of halogens is 5. The van der Waals surface area contributed by atoms with E-state index in [-0.39, 0.29) is 6.08 Å². The highest BCUT2D eigenvalue weighted by molar-refractivity contribution is 4.98. The van der Waals surface area contributed by atoms with Crippen LogP contribution in [-0.4, -0.2) is 18.5 Å². The van der Waals surface area contributed by atoms with Crippen LogP contribution in [0.1, 0.15) is 6.42 Å². The normalized spacial score (nSPS) is 13.2. The maximum atomic E-state index is 12.1. The lowest BCUT2D eigenvalue weighted by molar-refractivity contribution is -0.184. The number of allylic oxidation sites excluding steroid dienone is 1. The van der Waals surface area contributed by atoms with Crippen LogP contribution in [0.4, 0.5) is 22.0 Å². The third-order valence-electron chi connectivity index (χ3n) is 1.15. The third-order valence-corrected chi connectivity index (χ3v) is 1.15. The van der Waals surface area contributed by atoms with Gasteiger partial charge in [-0.2, -0.15) is 17.6 Å². The van der Waals surface area contributed by atoms with Crippen molar-refractivity contribution in [3.63, 3.8) is 0 Å². The van der Waals surface area contributed by atoms with E-state index < -0.39 is 24.9 Å². The Morgan fingerprint density at radius 3 is 1.91 bits per heavy atom. The minimum absolute atomic E-state index is 0.178. The van der Waals surface area contributed by atoms with Crippen molar-refractivity contribution < 1.29 is 22.0 Å². The second-order valence-corrected chi connectivity index (χ2v) is 1.97. The molecule has 0 aliphatic heterocycles. The fourth-order valence-electron chi connectivity index (χ4n) is 0.435. The number of hydrogen-bond donors (Lipinski definition) is 0. The standard InChI is InChI=1S/C6H7F5/c1-2-5(8,9)6(10,11)3-4-7/h2H,1,3-4H2. The van der Waals surface area contributed by atoms with Crippen molar-refractivity contribution in [1.29, 1.82) is 0 Å². The van der Waals surface area contributed by atoms with Crippen molar-refractivity contribution in [2.75, 3.05) is 6.67 Å². The first-order valence-electron chi connectivity index (χ1n) is 2.82. The number of alkyl halides is 5. The first-order valence-corrected chi connectivity index (χ1v) is 2.82. The molecule has 0 spiro atoms. The average Bonchev–Trinajstić information content (AvgIpc) is 1.87. The molecule has 66 valence electrons. The Morgan fingerprint density at radius 2 is 1.64 bits per heavy atom. The summed E-state index contributed by atoms with van der Waals surface area (Å²) in [7, 11) is 0. The van der Waals surface area contributed by atoms with Gasteiger partial charge < -0.3 is 0 Å². The fraction of sp³-hybridized carbons (Fsp3) is 0.667. The molecular weight excluding hydrogens is 167 g/mol. The summed E-state index contributed by atoms with van der Waals surface area (Å²) in [5, 5.41) is 0. The summed E-state index contributed by atoms with van der Waals surface area (Å²) in [6.45, 7) is 1.05. The minimum Gasteiger partial charge on any atom is -0.251 e. The Morgan fingerprint density at radius 1 is 1.18 bits per heavy atom. The van der Waals surface area contributed by atoms with E-state index in [2.05, 4.69) is 6.58 Å². The summed E-state index contributed by atoms with van der Waals surface area (Å²) in [5.41, 5.74) is 0. The van der Waals surface area contributed by atoms with Crippen LogP contribution < -0.4 is 0 Å². The summed E-state index contributed by atoms with van der Waals surface area (Å²) in [5.74, 6) is -8.65. The Balaban J connectivity index is 4.38. The van der Waals surface area contributed by atoms with Crippen molar-refractivity contribution in [2.45, 2.75) is 18.3 Å². The van der Waals surface area contributed by atoms with Gasteiger partial charge in [0.1, 0.15) is 0 Å². The summed E-state index contributed by atoms with van der Waals surface area (Å²) in [6.07, 6.45) is -1.66. The molecule has 0 amide bonds. The lowest BCUT2D eigenvalue weighted by Crippen LogP contribution is -2.38. The number of rotatable bonds is 4. The van der Waals surface area contributed by atoms with E-state index in [1.165, 1.54) is 0 Å². The van der Waals surface area contributed by atoms with Gasteiger partial charge in [-0.05, 0) is 6.08 Å². The summed E-state index contributed by atoms with van der Waals surface area (Å²) in [4.78, 5) is 0. The molecular formula is C6H7F5. The highest BCUT2D eigenvalue weighted by atomic mass is 19.3. The molecule has 0 rings (SSSR count). The van der Waals surface area contributed by atoms with Crippen LogP contribution in [0.15, 0.2) is 12.7 Å². The second-order valence-electron chi connectivity index (χ2n) is 1.97. The molecule has 0 radical (unpaired) electrons. The average molecular weight is 174 g/mol. The second kappa shape index (κ2) is 3.19. The maximum Gasteiger partial charge on any atom is 0.328 e. The molecule has 0 aromatic rings. The van der Waals surface area contributed by atoms with Crippen molar-refractivity contribution in [3.8, 4) is 0 Å². The highest BCUT2D eigenvalue weighted by Crippen LogP contribution is 2.37. The van der Waals surface area contributed by atoms with Crippen molar-refractivity contribution in [3.05, 3.63) is 12.7 Å². The van der Waals surface area contributed by atoms with Gasteiger partial charge in [-0.25, -0.2) is 0 Å². The predicted molar refractivity (Wildman–Crippen MR) is 30.7 cm³/mol. The molecule has 0 unspecified atom stereocenters. The quantitative estimate of drug-likeness (QED) is 0.454. The van der Waals surface area contributed by atoms with E-state index in [0.29, 0.717) is 0 Å². The maximum absolute atomic E-state index is 12.1. The van der Waals surface area contributed by atoms with Gasteiger partial charge in [-0.3, -0.25) is 4.39 Å². The Kier molecular flexibility index (Phi) is 3.02. The van der Waals surface area contributed by atoms with Crippen LogP contribution >= 0.6 is 0 Å². The molecule has 0 aromatic heterocycles. The molecule has 11 heavy (non-hydrogen) atoms. The van der Waals surface area contributed by atoms with Crippen molar-refractivity contribution in [1.82, 2.24) is 0 Å². The van der Waals surface area contributed by atoms with Gasteiger partial charge in [0, 0.05) is 6.42 Å². The van der Waals surface area contributed by atoms with Crippen LogP contribution in [0.2, 0.25) is 0 Å². The molecule has 0 saturated heterocycles. The third kappa shape index (κ3) is 2.17. The van der Waals surface area contributed by atoms with Crippen LogP contribution in [0.3, 0.4) is 0 Å². The molecule has 0 aliphatic rings. The van der Waals surface area contributed by atoms with Gasteiger partial charge >= 0.3 is 11.8 Å². The van der Waals surface area contributed by atoms with Gasteiger partial charge in [0.05, 0.1) is 6.67 Å². The van der Waals surface area contributed by atoms with Crippen LogP contribution in [0.5, 0.6) is 0 Å². The highest BCUT2D eigenvalue weighted by Gasteiger charge is 2.53. The van der Waals surface area contributed by atoms with Gasteiger partial charge in [-0.1, -0.05) is 6.58 Å². The summed E-state index contributed by atoms with van der Waals surface area (Å²) >= 11 is 0. The van der Waals surface area contributed by atoms with E-state index in [1.807, 2.05) is 0 Å². The molecule has 0 nitrogen and oxygen atoms in total. The first-order chi connectivity index (χ1) is 4.87. The molecule has 0 saturated carbocycles. The zero-order chi connectivity index (χ0) is 9.12. The SMILES string of the molecule is C=CC(F)(F)C(F)(F)CCF. The molecule has 0 aliphatic carbocycles. The zero-order valence-corrected chi connectivity index (χ0v) is 5.59. The largest absolute Gasteiger partial charge is 0.328 e. The topological polar surface area (TPSA) is 0 Å².